The molecule has 0 aromatic heterocycles. The van der Waals surface area contributed by atoms with Gasteiger partial charge < -0.3 is 10.2 Å². The number of rotatable bonds is 8. The van der Waals surface area contributed by atoms with E-state index in [0.717, 1.165) is 5.57 Å². The van der Waals surface area contributed by atoms with Crippen LogP contribution in [0.4, 0.5) is 0 Å². The molecule has 1 aromatic carbocycles. The van der Waals surface area contributed by atoms with Gasteiger partial charge in [-0.05, 0) is 38.0 Å². The molecule has 7 nitrogen and oxygen atoms in total. The van der Waals surface area contributed by atoms with Gasteiger partial charge in [-0.1, -0.05) is 48.4 Å². The molecule has 32 heavy (non-hydrogen) atoms. The van der Waals surface area contributed by atoms with Crippen molar-refractivity contribution >= 4 is 23.6 Å². The van der Waals surface area contributed by atoms with Crippen LogP contribution < -0.4 is 10.6 Å². The molecule has 1 fully saturated rings. The van der Waals surface area contributed by atoms with Gasteiger partial charge >= 0.3 is 0 Å². The van der Waals surface area contributed by atoms with E-state index in [1.165, 1.54) is 4.90 Å². The molecule has 0 aliphatic carbocycles. The van der Waals surface area contributed by atoms with E-state index in [4.69, 9.17) is 6.42 Å². The van der Waals surface area contributed by atoms with E-state index < -0.39 is 17.9 Å². The summed E-state index contributed by atoms with van der Waals surface area (Å²) in [6, 6.07) is 6.05. The number of benzene rings is 1. The Morgan fingerprint density at radius 2 is 2.03 bits per heavy atom. The summed E-state index contributed by atoms with van der Waals surface area (Å²) in [6.07, 6.45) is 10.7. The summed E-state index contributed by atoms with van der Waals surface area (Å²) in [4.78, 5) is 50.8. The molecule has 7 heteroatoms. The van der Waals surface area contributed by atoms with Gasteiger partial charge in [0, 0.05) is 30.6 Å². The Balaban J connectivity index is 2.16. The third kappa shape index (κ3) is 6.54. The van der Waals surface area contributed by atoms with Crippen LogP contribution >= 0.6 is 0 Å². The van der Waals surface area contributed by atoms with Crippen molar-refractivity contribution in [2.45, 2.75) is 45.7 Å². The Kier molecular flexibility index (Phi) is 8.72. The highest BCUT2D eigenvalue weighted by atomic mass is 16.2. The van der Waals surface area contributed by atoms with Crippen molar-refractivity contribution < 1.29 is 19.2 Å². The average Bonchev–Trinajstić information content (AvgIpc) is 2.74. The minimum Gasteiger partial charge on any atom is -0.352 e. The summed E-state index contributed by atoms with van der Waals surface area (Å²) < 4.78 is 0. The van der Waals surface area contributed by atoms with Gasteiger partial charge in [0.05, 0.1) is 0 Å². The van der Waals surface area contributed by atoms with Crippen LogP contribution in [0.2, 0.25) is 0 Å². The number of hydrogen-bond donors (Lipinski definition) is 2. The maximum absolute atomic E-state index is 13.4. The fourth-order valence-corrected chi connectivity index (χ4v) is 3.36. The molecular weight excluding hydrogens is 406 g/mol. The number of carbonyl (C=O) groups is 4. The monoisotopic (exact) mass is 433 g/mol. The van der Waals surface area contributed by atoms with Crippen molar-refractivity contribution in [1.29, 1.82) is 0 Å². The molecule has 1 aliphatic rings. The fourth-order valence-electron chi connectivity index (χ4n) is 3.36. The van der Waals surface area contributed by atoms with E-state index in [1.54, 1.807) is 49.4 Å². The fraction of sp³-hybridized carbons (Fsp3) is 0.280. The molecule has 1 heterocycles. The first kappa shape index (κ1) is 24.4. The Morgan fingerprint density at radius 3 is 2.69 bits per heavy atom. The summed E-state index contributed by atoms with van der Waals surface area (Å²) in [7, 11) is 0. The number of terminal acetylenes is 1. The third-order valence-corrected chi connectivity index (χ3v) is 4.89. The van der Waals surface area contributed by atoms with Gasteiger partial charge in [-0.2, -0.15) is 0 Å². The van der Waals surface area contributed by atoms with Crippen molar-refractivity contribution in [1.82, 2.24) is 15.5 Å². The highest BCUT2D eigenvalue weighted by Crippen LogP contribution is 2.22. The maximum Gasteiger partial charge on any atom is 0.259 e. The predicted octanol–water partition coefficient (Wildman–Crippen LogP) is 2.61. The van der Waals surface area contributed by atoms with E-state index in [2.05, 4.69) is 23.1 Å². The predicted molar refractivity (Wildman–Crippen MR) is 122 cm³/mol. The summed E-state index contributed by atoms with van der Waals surface area (Å²) >= 11 is 0. The first-order chi connectivity index (χ1) is 15.2. The quantitative estimate of drug-likeness (QED) is 0.374. The van der Waals surface area contributed by atoms with Gasteiger partial charge in [0.1, 0.15) is 6.04 Å². The van der Waals surface area contributed by atoms with Crippen molar-refractivity contribution in [2.75, 3.05) is 0 Å². The van der Waals surface area contributed by atoms with E-state index in [-0.39, 0.29) is 37.6 Å². The van der Waals surface area contributed by atoms with Crippen molar-refractivity contribution in [3.63, 3.8) is 0 Å². The number of imide groups is 1. The lowest BCUT2D eigenvalue weighted by atomic mass is 10.0. The van der Waals surface area contributed by atoms with Crippen molar-refractivity contribution in [2.24, 2.45) is 0 Å². The number of piperidine rings is 1. The lowest BCUT2D eigenvalue weighted by Crippen LogP contribution is -2.53. The van der Waals surface area contributed by atoms with Crippen molar-refractivity contribution in [3.05, 3.63) is 71.5 Å². The molecule has 1 aromatic rings. The standard InChI is InChI=1S/C25H27N3O4/c1-5-6-7-10-18(4)15-23(30)26-16-19-11-8-9-12-20(19)25(32)28(17(2)3)21-13-14-22(29)27-24(21)31/h1,6-12,21H,2,13-16H2,3-4H3,(H,26,30)(H,27,29,31)/b7-6-,18-10+. The van der Waals surface area contributed by atoms with E-state index in [0.29, 0.717) is 16.8 Å². The zero-order valence-corrected chi connectivity index (χ0v) is 18.3. The molecule has 0 bridgehead atoms. The van der Waals surface area contributed by atoms with E-state index in [9.17, 15) is 19.2 Å². The van der Waals surface area contributed by atoms with Crippen LogP contribution in [0.5, 0.6) is 0 Å². The highest BCUT2D eigenvalue weighted by molar-refractivity contribution is 6.04. The summed E-state index contributed by atoms with van der Waals surface area (Å²) in [5.74, 6) is 0.887. The minimum absolute atomic E-state index is 0.146. The summed E-state index contributed by atoms with van der Waals surface area (Å²) in [5, 5.41) is 5.09. The zero-order chi connectivity index (χ0) is 23.7. The molecule has 1 aliphatic heterocycles. The molecule has 0 saturated carbocycles. The summed E-state index contributed by atoms with van der Waals surface area (Å²) in [5.41, 5.74) is 2.19. The van der Waals surface area contributed by atoms with Crippen LogP contribution in [0.1, 0.15) is 49.0 Å². The largest absolute Gasteiger partial charge is 0.352 e. The zero-order valence-electron chi connectivity index (χ0n) is 18.3. The number of amides is 4. The SMILES string of the molecule is C#C/C=C\C=C(/C)CC(=O)NCc1ccccc1C(=O)N(C(=C)C)C1CCC(=O)NC1=O. The smallest absolute Gasteiger partial charge is 0.259 e. The lowest BCUT2D eigenvalue weighted by Gasteiger charge is -2.33. The van der Waals surface area contributed by atoms with Crippen LogP contribution in [0.25, 0.3) is 0 Å². The molecule has 0 radical (unpaired) electrons. The van der Waals surface area contributed by atoms with Crippen LogP contribution in [0.3, 0.4) is 0 Å². The molecular formula is C25H27N3O4. The third-order valence-electron chi connectivity index (χ3n) is 4.89. The second kappa shape index (κ2) is 11.5. The van der Waals surface area contributed by atoms with E-state index >= 15 is 0 Å². The van der Waals surface area contributed by atoms with E-state index in [1.807, 2.05) is 6.92 Å². The van der Waals surface area contributed by atoms with Crippen LogP contribution in [0, 0.1) is 12.3 Å². The molecule has 166 valence electrons. The second-order valence-corrected chi connectivity index (χ2v) is 7.53. The Bertz CT molecular complexity index is 1030. The Labute approximate surface area is 188 Å². The van der Waals surface area contributed by atoms with Gasteiger partial charge in [-0.25, -0.2) is 0 Å². The number of nitrogens with one attached hydrogen (secondary N) is 2. The topological polar surface area (TPSA) is 95.6 Å². The van der Waals surface area contributed by atoms with Gasteiger partial charge in [-0.15, -0.1) is 6.42 Å². The van der Waals surface area contributed by atoms with Gasteiger partial charge in [0.15, 0.2) is 0 Å². The first-order valence-corrected chi connectivity index (χ1v) is 10.2. The van der Waals surface area contributed by atoms with Crippen LogP contribution in [0.15, 0.2) is 60.3 Å². The molecule has 2 rings (SSSR count). The number of hydrogen-bond acceptors (Lipinski definition) is 4. The lowest BCUT2D eigenvalue weighted by molar-refractivity contribution is -0.136. The molecule has 4 amide bonds. The van der Waals surface area contributed by atoms with Gasteiger partial charge in [0.2, 0.25) is 17.7 Å². The molecule has 0 spiro atoms. The molecule has 2 N–H and O–H groups in total. The maximum atomic E-state index is 13.4. The number of allylic oxidation sites excluding steroid dienone is 4. The highest BCUT2D eigenvalue weighted by Gasteiger charge is 2.35. The normalized spacial score (nSPS) is 16.3. The number of nitrogens with zero attached hydrogens (tertiary/aromatic N) is 1. The second-order valence-electron chi connectivity index (χ2n) is 7.53. The van der Waals surface area contributed by atoms with Crippen LogP contribution in [-0.4, -0.2) is 34.6 Å². The number of carbonyl (C=O) groups excluding carboxylic acids is 4. The van der Waals surface area contributed by atoms with Gasteiger partial charge in [0.25, 0.3) is 5.91 Å². The molecule has 1 unspecified atom stereocenters. The Hall–Kier alpha value is -3.92. The average molecular weight is 434 g/mol. The van der Waals surface area contributed by atoms with Crippen molar-refractivity contribution in [3.8, 4) is 12.3 Å². The molecule has 1 saturated heterocycles. The molecule has 1 atom stereocenters. The first-order valence-electron chi connectivity index (χ1n) is 10.2. The minimum atomic E-state index is -0.816. The summed E-state index contributed by atoms with van der Waals surface area (Å²) in [6.45, 7) is 7.45. The van der Waals surface area contributed by atoms with Gasteiger partial charge in [-0.3, -0.25) is 24.5 Å². The Morgan fingerprint density at radius 1 is 1.31 bits per heavy atom. The van der Waals surface area contributed by atoms with Crippen LogP contribution in [-0.2, 0) is 20.9 Å².